The SMILES string of the molecule is Cc1cc([C@@H]2CN(c3ncnc(N)c3Cl)CCO2)ccc1F. The van der Waals surface area contributed by atoms with Gasteiger partial charge in [0.15, 0.2) is 5.82 Å². The molecular weight excluding hydrogens is 307 g/mol. The predicted molar refractivity (Wildman–Crippen MR) is 83.5 cm³/mol. The molecule has 2 aromatic rings. The maximum Gasteiger partial charge on any atom is 0.153 e. The number of halogens is 2. The number of morpholine rings is 1. The molecule has 0 aliphatic carbocycles. The van der Waals surface area contributed by atoms with Gasteiger partial charge in [-0.05, 0) is 24.1 Å². The van der Waals surface area contributed by atoms with E-state index in [2.05, 4.69) is 9.97 Å². The molecule has 7 heteroatoms. The molecule has 0 unspecified atom stereocenters. The highest BCUT2D eigenvalue weighted by molar-refractivity contribution is 6.35. The molecule has 1 aliphatic rings. The third-order valence-electron chi connectivity index (χ3n) is 3.72. The van der Waals surface area contributed by atoms with Gasteiger partial charge in [0, 0.05) is 13.1 Å². The lowest BCUT2D eigenvalue weighted by Gasteiger charge is -2.34. The Kier molecular flexibility index (Phi) is 4.13. The van der Waals surface area contributed by atoms with Gasteiger partial charge >= 0.3 is 0 Å². The summed E-state index contributed by atoms with van der Waals surface area (Å²) in [4.78, 5) is 10.1. The summed E-state index contributed by atoms with van der Waals surface area (Å²) in [6, 6.07) is 5.01. The summed E-state index contributed by atoms with van der Waals surface area (Å²) in [5.74, 6) is 0.636. The van der Waals surface area contributed by atoms with Gasteiger partial charge in [0.25, 0.3) is 0 Å². The van der Waals surface area contributed by atoms with Crippen molar-refractivity contribution in [2.45, 2.75) is 13.0 Å². The van der Waals surface area contributed by atoms with Crippen molar-refractivity contribution in [3.05, 3.63) is 46.5 Å². The lowest BCUT2D eigenvalue weighted by molar-refractivity contribution is 0.0394. The summed E-state index contributed by atoms with van der Waals surface area (Å²) in [5, 5.41) is 0.346. The highest BCUT2D eigenvalue weighted by atomic mass is 35.5. The Morgan fingerprint density at radius 2 is 2.23 bits per heavy atom. The fraction of sp³-hybridized carbons (Fsp3) is 0.333. The second-order valence-electron chi connectivity index (χ2n) is 5.21. The molecule has 2 N–H and O–H groups in total. The average molecular weight is 323 g/mol. The first kappa shape index (κ1) is 15.0. The highest BCUT2D eigenvalue weighted by Gasteiger charge is 2.25. The van der Waals surface area contributed by atoms with E-state index >= 15 is 0 Å². The maximum absolute atomic E-state index is 13.4. The monoisotopic (exact) mass is 322 g/mol. The average Bonchev–Trinajstić information content (AvgIpc) is 2.53. The molecule has 0 radical (unpaired) electrons. The van der Waals surface area contributed by atoms with Crippen molar-refractivity contribution in [1.29, 1.82) is 0 Å². The van der Waals surface area contributed by atoms with E-state index in [1.54, 1.807) is 19.1 Å². The van der Waals surface area contributed by atoms with Crippen molar-refractivity contribution >= 4 is 23.2 Å². The Balaban J connectivity index is 1.85. The second-order valence-corrected chi connectivity index (χ2v) is 5.59. The van der Waals surface area contributed by atoms with E-state index in [0.717, 1.165) is 5.56 Å². The summed E-state index contributed by atoms with van der Waals surface area (Å²) in [6.07, 6.45) is 1.23. The minimum atomic E-state index is -0.219. The van der Waals surface area contributed by atoms with Crippen molar-refractivity contribution in [3.8, 4) is 0 Å². The lowest BCUT2D eigenvalue weighted by Crippen LogP contribution is -2.39. The van der Waals surface area contributed by atoms with Gasteiger partial charge in [0.1, 0.15) is 29.1 Å². The van der Waals surface area contributed by atoms with Crippen LogP contribution in [-0.2, 0) is 4.74 Å². The van der Waals surface area contributed by atoms with E-state index in [0.29, 0.717) is 36.1 Å². The standard InChI is InChI=1S/C15H16ClFN4O/c1-9-6-10(2-3-11(9)17)12-7-21(4-5-22-12)15-13(16)14(18)19-8-20-15/h2-3,6,8,12H,4-5,7H2,1H3,(H2,18,19,20)/t12-/m0/s1. The van der Waals surface area contributed by atoms with Crippen molar-refractivity contribution < 1.29 is 9.13 Å². The van der Waals surface area contributed by atoms with Crippen LogP contribution in [0.15, 0.2) is 24.5 Å². The number of nitrogens with zero attached hydrogens (tertiary/aromatic N) is 3. The summed E-state index contributed by atoms with van der Waals surface area (Å²) in [5.41, 5.74) is 7.26. The molecule has 1 fully saturated rings. The van der Waals surface area contributed by atoms with Gasteiger partial charge in [-0.3, -0.25) is 0 Å². The Bertz CT molecular complexity index is 697. The zero-order chi connectivity index (χ0) is 15.7. The molecule has 1 aromatic carbocycles. The zero-order valence-electron chi connectivity index (χ0n) is 12.1. The topological polar surface area (TPSA) is 64.3 Å². The van der Waals surface area contributed by atoms with Gasteiger partial charge in [-0.25, -0.2) is 14.4 Å². The second kappa shape index (κ2) is 6.06. The van der Waals surface area contributed by atoms with Gasteiger partial charge in [-0.15, -0.1) is 0 Å². The van der Waals surface area contributed by atoms with Crippen LogP contribution in [0, 0.1) is 12.7 Å². The highest BCUT2D eigenvalue weighted by Crippen LogP contribution is 2.31. The van der Waals surface area contributed by atoms with Gasteiger partial charge in [-0.2, -0.15) is 0 Å². The fourth-order valence-corrected chi connectivity index (χ4v) is 2.72. The molecule has 1 saturated heterocycles. The summed E-state index contributed by atoms with van der Waals surface area (Å²) < 4.78 is 19.2. The number of aromatic nitrogens is 2. The Labute approximate surface area is 132 Å². The number of nitrogens with two attached hydrogens (primary N) is 1. The quantitative estimate of drug-likeness (QED) is 0.921. The van der Waals surface area contributed by atoms with Gasteiger partial charge in [0.05, 0.1) is 6.61 Å². The maximum atomic E-state index is 13.4. The number of hydrogen-bond acceptors (Lipinski definition) is 5. The molecule has 22 heavy (non-hydrogen) atoms. The van der Waals surface area contributed by atoms with E-state index in [1.165, 1.54) is 12.4 Å². The summed E-state index contributed by atoms with van der Waals surface area (Å²) >= 11 is 6.18. The van der Waals surface area contributed by atoms with Crippen LogP contribution in [-0.4, -0.2) is 29.7 Å². The minimum absolute atomic E-state index is 0.166. The molecule has 0 spiro atoms. The molecule has 1 aliphatic heterocycles. The van der Waals surface area contributed by atoms with Crippen LogP contribution in [0.5, 0.6) is 0 Å². The normalized spacial score (nSPS) is 18.5. The molecule has 116 valence electrons. The zero-order valence-corrected chi connectivity index (χ0v) is 12.8. The molecule has 2 heterocycles. The number of benzene rings is 1. The van der Waals surface area contributed by atoms with Crippen LogP contribution in [0.25, 0.3) is 0 Å². The van der Waals surface area contributed by atoms with Crippen molar-refractivity contribution in [1.82, 2.24) is 9.97 Å². The smallest absolute Gasteiger partial charge is 0.153 e. The minimum Gasteiger partial charge on any atom is -0.382 e. The molecule has 3 rings (SSSR count). The number of rotatable bonds is 2. The molecule has 0 amide bonds. The number of nitrogen functional groups attached to an aromatic ring is 1. The molecular formula is C15H16ClFN4O. The lowest BCUT2D eigenvalue weighted by atomic mass is 10.0. The van der Waals surface area contributed by atoms with Crippen LogP contribution < -0.4 is 10.6 Å². The van der Waals surface area contributed by atoms with Crippen LogP contribution in [0.4, 0.5) is 16.0 Å². The Morgan fingerprint density at radius 3 is 3.00 bits per heavy atom. The number of ether oxygens (including phenoxy) is 1. The molecule has 1 atom stereocenters. The first-order valence-electron chi connectivity index (χ1n) is 6.95. The van der Waals surface area contributed by atoms with Crippen molar-refractivity contribution in [3.63, 3.8) is 0 Å². The van der Waals surface area contributed by atoms with E-state index in [-0.39, 0.29) is 17.7 Å². The third kappa shape index (κ3) is 2.84. The van der Waals surface area contributed by atoms with Crippen molar-refractivity contribution in [2.75, 3.05) is 30.3 Å². The van der Waals surface area contributed by atoms with Gasteiger partial charge < -0.3 is 15.4 Å². The Morgan fingerprint density at radius 1 is 1.41 bits per heavy atom. The van der Waals surface area contributed by atoms with Crippen LogP contribution in [0.2, 0.25) is 5.02 Å². The molecule has 0 saturated carbocycles. The molecule has 1 aromatic heterocycles. The summed E-state index contributed by atoms with van der Waals surface area (Å²) in [7, 11) is 0. The van der Waals surface area contributed by atoms with Crippen LogP contribution in [0.1, 0.15) is 17.2 Å². The van der Waals surface area contributed by atoms with Crippen molar-refractivity contribution in [2.24, 2.45) is 0 Å². The number of hydrogen-bond donors (Lipinski definition) is 1. The predicted octanol–water partition coefficient (Wildman–Crippen LogP) is 2.74. The van der Waals surface area contributed by atoms with E-state index < -0.39 is 0 Å². The molecule has 0 bridgehead atoms. The van der Waals surface area contributed by atoms with E-state index in [9.17, 15) is 4.39 Å². The molecule has 5 nitrogen and oxygen atoms in total. The summed E-state index contributed by atoms with van der Waals surface area (Å²) in [6.45, 7) is 3.50. The first-order chi connectivity index (χ1) is 10.6. The largest absolute Gasteiger partial charge is 0.382 e. The van der Waals surface area contributed by atoms with Crippen LogP contribution in [0.3, 0.4) is 0 Å². The Hall–Kier alpha value is -1.92. The number of anilines is 2. The fourth-order valence-electron chi connectivity index (χ4n) is 2.51. The van der Waals surface area contributed by atoms with E-state index in [1.807, 2.05) is 4.90 Å². The van der Waals surface area contributed by atoms with E-state index in [4.69, 9.17) is 22.1 Å². The van der Waals surface area contributed by atoms with Gasteiger partial charge in [-0.1, -0.05) is 23.7 Å². The van der Waals surface area contributed by atoms with Gasteiger partial charge in [0.2, 0.25) is 0 Å². The third-order valence-corrected chi connectivity index (χ3v) is 4.08. The number of aryl methyl sites for hydroxylation is 1. The first-order valence-corrected chi connectivity index (χ1v) is 7.32. The van der Waals surface area contributed by atoms with Crippen LogP contribution >= 0.6 is 11.6 Å².